The van der Waals surface area contributed by atoms with Crippen LogP contribution < -0.4 is 14.8 Å². The van der Waals surface area contributed by atoms with Crippen molar-refractivity contribution in [1.82, 2.24) is 9.78 Å². The summed E-state index contributed by atoms with van der Waals surface area (Å²) in [4.78, 5) is 12.6. The van der Waals surface area contributed by atoms with Crippen LogP contribution in [0.25, 0.3) is 0 Å². The van der Waals surface area contributed by atoms with Crippen LogP contribution in [0.15, 0.2) is 48.7 Å². The zero-order chi connectivity index (χ0) is 20.8. The average molecular weight is 418 g/mol. The number of rotatable bonds is 8. The van der Waals surface area contributed by atoms with E-state index in [0.29, 0.717) is 41.8 Å². The third-order valence-corrected chi connectivity index (χ3v) is 4.29. The van der Waals surface area contributed by atoms with Crippen LogP contribution in [-0.2, 0) is 6.54 Å². The summed E-state index contributed by atoms with van der Waals surface area (Å²) in [5.41, 5.74) is 1.25. The summed E-state index contributed by atoms with van der Waals surface area (Å²) < 4.78 is 25.7. The van der Waals surface area contributed by atoms with Gasteiger partial charge >= 0.3 is 0 Å². The zero-order valence-corrected chi connectivity index (χ0v) is 16.9. The van der Waals surface area contributed by atoms with Gasteiger partial charge in [0.2, 0.25) is 0 Å². The van der Waals surface area contributed by atoms with Crippen molar-refractivity contribution in [3.05, 3.63) is 70.6 Å². The molecule has 152 valence electrons. The molecule has 1 aromatic heterocycles. The maximum Gasteiger partial charge on any atom is 0.257 e. The van der Waals surface area contributed by atoms with E-state index in [9.17, 15) is 9.18 Å². The highest BCUT2D eigenvalue weighted by molar-refractivity contribution is 6.33. The van der Waals surface area contributed by atoms with E-state index >= 15 is 0 Å². The summed E-state index contributed by atoms with van der Waals surface area (Å²) in [6.07, 6.45) is 1.60. The molecular weight excluding hydrogens is 397 g/mol. The molecule has 1 heterocycles. The zero-order valence-electron chi connectivity index (χ0n) is 16.1. The molecule has 0 fully saturated rings. The fourth-order valence-corrected chi connectivity index (χ4v) is 2.91. The lowest BCUT2D eigenvalue weighted by molar-refractivity contribution is 0.102. The summed E-state index contributed by atoms with van der Waals surface area (Å²) in [5, 5.41) is 7.31. The molecule has 29 heavy (non-hydrogen) atoms. The van der Waals surface area contributed by atoms with E-state index < -0.39 is 0 Å². The smallest absolute Gasteiger partial charge is 0.257 e. The Labute approximate surface area is 173 Å². The standard InChI is InChI=1S/C21H21ClFN3O3/c1-3-28-18-10-7-15(11-19(18)29-4-2)21(27)24-20-17(22)13-26(25-20)12-14-5-8-16(23)9-6-14/h5-11,13H,3-4,12H2,1-2H3,(H,24,25,27). The molecule has 1 amide bonds. The Bertz CT molecular complexity index is 989. The number of carbonyl (C=O) groups is 1. The van der Waals surface area contributed by atoms with Gasteiger partial charge in [-0.2, -0.15) is 5.10 Å². The number of nitrogens with zero attached hydrogens (tertiary/aromatic N) is 2. The third-order valence-electron chi connectivity index (χ3n) is 4.01. The molecule has 0 saturated carbocycles. The third kappa shape index (κ3) is 5.26. The van der Waals surface area contributed by atoms with E-state index in [4.69, 9.17) is 21.1 Å². The number of anilines is 1. The number of ether oxygens (including phenoxy) is 2. The average Bonchev–Trinajstić information content (AvgIpc) is 3.04. The second kappa shape index (κ2) is 9.43. The summed E-state index contributed by atoms with van der Waals surface area (Å²) in [6, 6.07) is 11.0. The minimum atomic E-state index is -0.372. The normalized spacial score (nSPS) is 10.6. The molecule has 0 aliphatic carbocycles. The quantitative estimate of drug-likeness (QED) is 0.573. The molecule has 0 aliphatic rings. The van der Waals surface area contributed by atoms with E-state index in [1.807, 2.05) is 13.8 Å². The topological polar surface area (TPSA) is 65.4 Å². The minimum absolute atomic E-state index is 0.241. The van der Waals surface area contributed by atoms with Crippen molar-refractivity contribution < 1.29 is 18.7 Å². The molecule has 0 radical (unpaired) electrons. The Morgan fingerprint density at radius 1 is 1.10 bits per heavy atom. The van der Waals surface area contributed by atoms with Crippen molar-refractivity contribution in [3.8, 4) is 11.5 Å². The highest BCUT2D eigenvalue weighted by Gasteiger charge is 2.15. The molecule has 2 aromatic carbocycles. The first-order valence-corrected chi connectivity index (χ1v) is 9.56. The predicted octanol–water partition coefficient (Wildman–Crippen LogP) is 4.77. The van der Waals surface area contributed by atoms with Crippen LogP contribution in [0.1, 0.15) is 29.8 Å². The van der Waals surface area contributed by atoms with Gasteiger partial charge in [-0.1, -0.05) is 23.7 Å². The van der Waals surface area contributed by atoms with Gasteiger partial charge in [0, 0.05) is 11.8 Å². The molecule has 1 N–H and O–H groups in total. The first kappa shape index (κ1) is 20.7. The lowest BCUT2D eigenvalue weighted by atomic mass is 10.2. The van der Waals surface area contributed by atoms with Gasteiger partial charge in [-0.25, -0.2) is 4.39 Å². The van der Waals surface area contributed by atoms with Crippen LogP contribution >= 0.6 is 11.6 Å². The molecule has 0 saturated heterocycles. The summed E-state index contributed by atoms with van der Waals surface area (Å²) in [6.45, 7) is 5.07. The fourth-order valence-electron chi connectivity index (χ4n) is 2.71. The SMILES string of the molecule is CCOc1ccc(C(=O)Nc2nn(Cc3ccc(F)cc3)cc2Cl)cc1OCC. The van der Waals surface area contributed by atoms with E-state index in [-0.39, 0.29) is 17.5 Å². The first-order chi connectivity index (χ1) is 14.0. The lowest BCUT2D eigenvalue weighted by Crippen LogP contribution is -2.13. The lowest BCUT2D eigenvalue weighted by Gasteiger charge is -2.12. The first-order valence-electron chi connectivity index (χ1n) is 9.18. The van der Waals surface area contributed by atoms with E-state index in [2.05, 4.69) is 10.4 Å². The highest BCUT2D eigenvalue weighted by Crippen LogP contribution is 2.29. The maximum absolute atomic E-state index is 13.0. The van der Waals surface area contributed by atoms with Crippen molar-refractivity contribution >= 4 is 23.3 Å². The van der Waals surface area contributed by atoms with Gasteiger partial charge in [0.15, 0.2) is 17.3 Å². The number of benzene rings is 2. The van der Waals surface area contributed by atoms with Crippen molar-refractivity contribution in [2.45, 2.75) is 20.4 Å². The number of aromatic nitrogens is 2. The molecule has 8 heteroatoms. The van der Waals surface area contributed by atoms with Gasteiger partial charge in [0.05, 0.1) is 19.8 Å². The predicted molar refractivity (Wildman–Crippen MR) is 109 cm³/mol. The molecular formula is C21H21ClFN3O3. The molecule has 0 spiro atoms. The van der Waals surface area contributed by atoms with E-state index in [0.717, 1.165) is 5.56 Å². The fraction of sp³-hybridized carbons (Fsp3) is 0.238. The Kier molecular flexibility index (Phi) is 6.72. The molecule has 3 aromatic rings. The summed E-state index contributed by atoms with van der Waals surface area (Å²) in [5.74, 6) is 0.637. The number of halogens is 2. The van der Waals surface area contributed by atoms with Gasteiger partial charge in [-0.05, 0) is 49.7 Å². The van der Waals surface area contributed by atoms with Crippen LogP contribution in [0.3, 0.4) is 0 Å². The van der Waals surface area contributed by atoms with Crippen LogP contribution in [-0.4, -0.2) is 28.9 Å². The second-order valence-corrected chi connectivity index (χ2v) is 6.54. The van der Waals surface area contributed by atoms with Crippen molar-refractivity contribution in [2.75, 3.05) is 18.5 Å². The van der Waals surface area contributed by atoms with E-state index in [1.54, 1.807) is 41.2 Å². The van der Waals surface area contributed by atoms with Crippen molar-refractivity contribution in [1.29, 1.82) is 0 Å². The molecule has 6 nitrogen and oxygen atoms in total. The van der Waals surface area contributed by atoms with Gasteiger partial charge in [0.1, 0.15) is 10.8 Å². The number of hydrogen-bond acceptors (Lipinski definition) is 4. The Hall–Kier alpha value is -3.06. The van der Waals surface area contributed by atoms with E-state index in [1.165, 1.54) is 12.1 Å². The largest absolute Gasteiger partial charge is 0.490 e. The molecule has 0 atom stereocenters. The van der Waals surface area contributed by atoms with Crippen LogP contribution in [0.2, 0.25) is 5.02 Å². The van der Waals surface area contributed by atoms with Crippen LogP contribution in [0.5, 0.6) is 11.5 Å². The van der Waals surface area contributed by atoms with Crippen molar-refractivity contribution in [3.63, 3.8) is 0 Å². The Morgan fingerprint density at radius 3 is 2.48 bits per heavy atom. The highest BCUT2D eigenvalue weighted by atomic mass is 35.5. The Balaban J connectivity index is 1.74. The number of nitrogens with one attached hydrogen (secondary N) is 1. The second-order valence-electron chi connectivity index (χ2n) is 6.13. The number of hydrogen-bond donors (Lipinski definition) is 1. The Morgan fingerprint density at radius 2 is 1.79 bits per heavy atom. The molecule has 0 unspecified atom stereocenters. The van der Waals surface area contributed by atoms with Gasteiger partial charge < -0.3 is 14.8 Å². The molecule has 0 bridgehead atoms. The van der Waals surface area contributed by atoms with Gasteiger partial charge in [0.25, 0.3) is 5.91 Å². The number of amides is 1. The van der Waals surface area contributed by atoms with Gasteiger partial charge in [-0.3, -0.25) is 9.48 Å². The molecule has 3 rings (SSSR count). The molecule has 0 aliphatic heterocycles. The monoisotopic (exact) mass is 417 g/mol. The number of carbonyl (C=O) groups excluding carboxylic acids is 1. The van der Waals surface area contributed by atoms with Crippen LogP contribution in [0.4, 0.5) is 10.2 Å². The van der Waals surface area contributed by atoms with Crippen molar-refractivity contribution in [2.24, 2.45) is 0 Å². The van der Waals surface area contributed by atoms with Gasteiger partial charge in [-0.15, -0.1) is 0 Å². The van der Waals surface area contributed by atoms with Crippen LogP contribution in [0, 0.1) is 5.82 Å². The maximum atomic E-state index is 13.0. The summed E-state index contributed by atoms with van der Waals surface area (Å²) >= 11 is 6.21. The summed E-state index contributed by atoms with van der Waals surface area (Å²) in [7, 11) is 0. The minimum Gasteiger partial charge on any atom is -0.490 e.